The maximum Gasteiger partial charge on any atom is 0.258 e. The van der Waals surface area contributed by atoms with E-state index in [1.54, 1.807) is 7.11 Å². The Labute approximate surface area is 178 Å². The highest BCUT2D eigenvalue weighted by atomic mass is 28.4. The van der Waals surface area contributed by atoms with Gasteiger partial charge in [-0.25, -0.2) is 0 Å². The van der Waals surface area contributed by atoms with Gasteiger partial charge in [0, 0.05) is 18.2 Å². The van der Waals surface area contributed by atoms with Gasteiger partial charge in [-0.1, -0.05) is 48.5 Å². The highest BCUT2D eigenvalue weighted by Crippen LogP contribution is 2.46. The van der Waals surface area contributed by atoms with Crippen LogP contribution in [0.25, 0.3) is 0 Å². The average Bonchev–Trinajstić information content (AvgIpc) is 2.98. The van der Waals surface area contributed by atoms with Gasteiger partial charge in [-0.3, -0.25) is 4.79 Å². The summed E-state index contributed by atoms with van der Waals surface area (Å²) >= 11 is 0. The summed E-state index contributed by atoms with van der Waals surface area (Å²) in [7, 11) is -0.418. The number of amides is 1. The Morgan fingerprint density at radius 2 is 1.66 bits per heavy atom. The van der Waals surface area contributed by atoms with E-state index in [1.807, 2.05) is 6.07 Å². The van der Waals surface area contributed by atoms with Gasteiger partial charge in [-0.15, -0.1) is 0 Å². The van der Waals surface area contributed by atoms with Crippen molar-refractivity contribution in [3.63, 3.8) is 0 Å². The van der Waals surface area contributed by atoms with Crippen LogP contribution in [0.15, 0.2) is 12.1 Å². The maximum atomic E-state index is 13.3. The Morgan fingerprint density at radius 1 is 1.03 bits per heavy atom. The monoisotopic (exact) mass is 417 g/mol. The fourth-order valence-corrected chi connectivity index (χ4v) is 11.2. The van der Waals surface area contributed by atoms with Gasteiger partial charge in [-0.2, -0.15) is 0 Å². The number of rotatable bonds is 6. The summed E-state index contributed by atoms with van der Waals surface area (Å²) < 4.78 is 12.7. The lowest BCUT2D eigenvalue weighted by atomic mass is 9.99. The van der Waals surface area contributed by atoms with Crippen molar-refractivity contribution in [2.75, 3.05) is 13.7 Å². The molecule has 5 heteroatoms. The molecule has 1 aromatic rings. The topological polar surface area (TPSA) is 38.8 Å². The minimum absolute atomic E-state index is 0.164. The first kappa shape index (κ1) is 22.2. The molecule has 4 nitrogen and oxygen atoms in total. The fourth-order valence-electron chi connectivity index (χ4n) is 5.94. The second kappa shape index (κ2) is 8.33. The Kier molecular flexibility index (Phi) is 6.37. The highest BCUT2D eigenvalue weighted by molar-refractivity contribution is 6.78. The summed E-state index contributed by atoms with van der Waals surface area (Å²) in [5.74, 6) is 2.28. The van der Waals surface area contributed by atoms with E-state index < -0.39 is 8.32 Å². The maximum absolute atomic E-state index is 13.3. The summed E-state index contributed by atoms with van der Waals surface area (Å²) in [5, 5.41) is 0. The van der Waals surface area contributed by atoms with Gasteiger partial charge in [0.2, 0.25) is 0 Å². The molecule has 0 radical (unpaired) electrons. The molecule has 0 unspecified atom stereocenters. The Morgan fingerprint density at radius 3 is 2.21 bits per heavy atom. The van der Waals surface area contributed by atoms with E-state index >= 15 is 0 Å². The number of carbonyl (C=O) groups excluding carboxylic acids is 1. The standard InChI is InChI=1S/C24H39NO3Si/c1-15(2)29(16(3)4,17(5)6)28-23-12-19-9-10-20-11-18(7)14-25(20)24(26)21(19)13-22(23)27-8/h12-13,15-18,20H,9-11,14H2,1-8H3/t18-,20-/m1/s1. The molecule has 2 aliphatic rings. The molecule has 0 aromatic heterocycles. The van der Waals surface area contributed by atoms with E-state index in [0.29, 0.717) is 34.3 Å². The van der Waals surface area contributed by atoms with Crippen molar-refractivity contribution < 1.29 is 14.0 Å². The number of methoxy groups -OCH3 is 1. The number of hydrogen-bond donors (Lipinski definition) is 0. The summed E-state index contributed by atoms with van der Waals surface area (Å²) in [6, 6.07) is 4.43. The van der Waals surface area contributed by atoms with Crippen LogP contribution in [0, 0.1) is 5.92 Å². The van der Waals surface area contributed by atoms with Gasteiger partial charge in [0.1, 0.15) is 5.75 Å². The van der Waals surface area contributed by atoms with Crippen LogP contribution in [0.4, 0.5) is 0 Å². The van der Waals surface area contributed by atoms with E-state index in [-0.39, 0.29) is 5.91 Å². The molecular weight excluding hydrogens is 378 g/mol. The number of aryl methyl sites for hydroxylation is 1. The van der Waals surface area contributed by atoms with E-state index in [2.05, 4.69) is 59.4 Å². The first-order chi connectivity index (χ1) is 13.6. The molecule has 162 valence electrons. The molecule has 1 amide bonds. The Balaban J connectivity index is 2.04. The molecular formula is C24H39NO3Si. The fraction of sp³-hybridized carbons (Fsp3) is 0.708. The third-order valence-corrected chi connectivity index (χ3v) is 13.2. The molecule has 29 heavy (non-hydrogen) atoms. The SMILES string of the molecule is COc1cc2c(cc1O[Si](C(C)C)(C(C)C)C(C)C)CC[C@@H]1C[C@@H](C)CN1C2=O. The van der Waals surface area contributed by atoms with Crippen LogP contribution in [-0.4, -0.2) is 38.8 Å². The van der Waals surface area contributed by atoms with Crippen LogP contribution in [0.2, 0.25) is 16.6 Å². The molecule has 1 fully saturated rings. The molecule has 2 aliphatic heterocycles. The summed E-state index contributed by atoms with van der Waals surface area (Å²) in [5.41, 5.74) is 3.38. The molecule has 3 rings (SSSR count). The number of hydrogen-bond acceptors (Lipinski definition) is 3. The van der Waals surface area contributed by atoms with Crippen molar-refractivity contribution in [1.82, 2.24) is 4.90 Å². The zero-order chi connectivity index (χ0) is 21.5. The zero-order valence-electron chi connectivity index (χ0n) is 19.5. The Hall–Kier alpha value is -1.49. The van der Waals surface area contributed by atoms with Gasteiger partial charge in [0.05, 0.1) is 7.11 Å². The van der Waals surface area contributed by atoms with Crippen LogP contribution < -0.4 is 9.16 Å². The van der Waals surface area contributed by atoms with Crippen LogP contribution >= 0.6 is 0 Å². The molecule has 1 aromatic carbocycles. The first-order valence-electron chi connectivity index (χ1n) is 11.3. The molecule has 2 atom stereocenters. The molecule has 0 bridgehead atoms. The number of benzene rings is 1. The van der Waals surface area contributed by atoms with E-state index in [9.17, 15) is 4.79 Å². The second-order valence-corrected chi connectivity index (χ2v) is 15.4. The zero-order valence-corrected chi connectivity index (χ0v) is 20.5. The Bertz CT molecular complexity index is 737. The minimum Gasteiger partial charge on any atom is -0.540 e. The van der Waals surface area contributed by atoms with Gasteiger partial charge >= 0.3 is 0 Å². The lowest BCUT2D eigenvalue weighted by Crippen LogP contribution is -2.50. The summed E-state index contributed by atoms with van der Waals surface area (Å²) in [6.07, 6.45) is 3.08. The van der Waals surface area contributed by atoms with Gasteiger partial charge in [-0.05, 0) is 59.5 Å². The normalized spacial score (nSPS) is 22.2. The van der Waals surface area contributed by atoms with E-state index in [1.165, 1.54) is 0 Å². The quantitative estimate of drug-likeness (QED) is 0.529. The van der Waals surface area contributed by atoms with Crippen molar-refractivity contribution in [2.24, 2.45) is 5.92 Å². The molecule has 0 saturated carbocycles. The number of ether oxygens (including phenoxy) is 1. The van der Waals surface area contributed by atoms with E-state index in [0.717, 1.165) is 42.7 Å². The molecule has 0 spiro atoms. The summed E-state index contributed by atoms with van der Waals surface area (Å²) in [4.78, 5) is 15.4. The van der Waals surface area contributed by atoms with Crippen LogP contribution in [0.3, 0.4) is 0 Å². The minimum atomic E-state index is -2.10. The molecule has 1 saturated heterocycles. The summed E-state index contributed by atoms with van der Waals surface area (Å²) in [6.45, 7) is 16.9. The van der Waals surface area contributed by atoms with Gasteiger partial charge in [0.15, 0.2) is 5.75 Å². The average molecular weight is 418 g/mol. The number of fused-ring (bicyclic) bond motifs is 2. The third kappa shape index (κ3) is 3.83. The van der Waals surface area contributed by atoms with Crippen molar-refractivity contribution in [1.29, 1.82) is 0 Å². The molecule has 0 aliphatic carbocycles. The third-order valence-electron chi connectivity index (χ3n) is 7.25. The molecule has 2 heterocycles. The smallest absolute Gasteiger partial charge is 0.258 e. The lowest BCUT2D eigenvalue weighted by molar-refractivity contribution is 0.0736. The largest absolute Gasteiger partial charge is 0.540 e. The van der Waals surface area contributed by atoms with Crippen molar-refractivity contribution in [3.8, 4) is 11.5 Å². The van der Waals surface area contributed by atoms with Crippen molar-refractivity contribution in [2.45, 2.75) is 90.4 Å². The predicted octanol–water partition coefficient (Wildman–Crippen LogP) is 6.05. The van der Waals surface area contributed by atoms with Crippen LogP contribution in [0.5, 0.6) is 11.5 Å². The van der Waals surface area contributed by atoms with E-state index in [4.69, 9.17) is 9.16 Å². The van der Waals surface area contributed by atoms with Gasteiger partial charge in [0.25, 0.3) is 14.2 Å². The lowest BCUT2D eigenvalue weighted by Gasteiger charge is -2.42. The van der Waals surface area contributed by atoms with Crippen LogP contribution in [-0.2, 0) is 6.42 Å². The highest BCUT2D eigenvalue weighted by Gasteiger charge is 2.47. The molecule has 0 N–H and O–H groups in total. The number of carbonyl (C=O) groups is 1. The number of nitrogens with zero attached hydrogens (tertiary/aromatic N) is 1. The first-order valence-corrected chi connectivity index (χ1v) is 13.5. The predicted molar refractivity (Wildman–Crippen MR) is 122 cm³/mol. The van der Waals surface area contributed by atoms with Gasteiger partial charge < -0.3 is 14.1 Å². The van der Waals surface area contributed by atoms with Crippen molar-refractivity contribution in [3.05, 3.63) is 23.3 Å². The van der Waals surface area contributed by atoms with Crippen LogP contribution in [0.1, 0.15) is 77.2 Å². The van der Waals surface area contributed by atoms with Crippen molar-refractivity contribution >= 4 is 14.2 Å². The second-order valence-electron chi connectivity index (χ2n) is 10.1.